The van der Waals surface area contributed by atoms with Gasteiger partial charge >= 0.3 is 0 Å². The van der Waals surface area contributed by atoms with Crippen LogP contribution in [0.25, 0.3) is 11.0 Å². The molecular formula is C20H21N3O2. The van der Waals surface area contributed by atoms with E-state index in [1.165, 1.54) is 0 Å². The van der Waals surface area contributed by atoms with Crippen LogP contribution in [0.2, 0.25) is 0 Å². The number of carbonyl (C=O) groups excluding carboxylic acids is 1. The first-order valence-electron chi connectivity index (χ1n) is 8.42. The van der Waals surface area contributed by atoms with Crippen molar-refractivity contribution < 1.29 is 4.79 Å². The number of aromatic nitrogens is 2. The van der Waals surface area contributed by atoms with Gasteiger partial charge in [0, 0.05) is 18.1 Å². The molecule has 0 bridgehead atoms. The van der Waals surface area contributed by atoms with Gasteiger partial charge < -0.3 is 5.32 Å². The Morgan fingerprint density at radius 2 is 1.96 bits per heavy atom. The van der Waals surface area contributed by atoms with Gasteiger partial charge in [-0.05, 0) is 37.1 Å². The van der Waals surface area contributed by atoms with Crippen LogP contribution in [0, 0.1) is 6.92 Å². The predicted molar refractivity (Wildman–Crippen MR) is 98.9 cm³/mol. The zero-order valence-electron chi connectivity index (χ0n) is 14.5. The Morgan fingerprint density at radius 3 is 2.68 bits per heavy atom. The monoisotopic (exact) mass is 335 g/mol. The molecule has 0 radical (unpaired) electrons. The summed E-state index contributed by atoms with van der Waals surface area (Å²) in [6.45, 7) is 4.91. The first-order chi connectivity index (χ1) is 12.1. The maximum atomic E-state index is 12.9. The lowest BCUT2D eigenvalue weighted by molar-refractivity contribution is 0.0952. The van der Waals surface area contributed by atoms with Crippen LogP contribution < -0.4 is 10.9 Å². The van der Waals surface area contributed by atoms with Gasteiger partial charge in [0.1, 0.15) is 11.2 Å². The molecule has 0 saturated carbocycles. The molecule has 0 spiro atoms. The number of amides is 1. The molecule has 0 aliphatic carbocycles. The number of aryl methyl sites for hydroxylation is 1. The van der Waals surface area contributed by atoms with E-state index in [4.69, 9.17) is 0 Å². The minimum atomic E-state index is -0.338. The minimum absolute atomic E-state index is 0.154. The summed E-state index contributed by atoms with van der Waals surface area (Å²) in [4.78, 5) is 29.6. The van der Waals surface area contributed by atoms with Crippen molar-refractivity contribution in [1.29, 1.82) is 0 Å². The summed E-state index contributed by atoms with van der Waals surface area (Å²) in [5.74, 6) is -0.338. The lowest BCUT2D eigenvalue weighted by Gasteiger charge is -2.12. The second-order valence-corrected chi connectivity index (χ2v) is 6.11. The van der Waals surface area contributed by atoms with Gasteiger partial charge in [-0.3, -0.25) is 14.2 Å². The van der Waals surface area contributed by atoms with Crippen LogP contribution in [-0.2, 0) is 6.54 Å². The fraction of sp³-hybridized carbons (Fsp3) is 0.250. The van der Waals surface area contributed by atoms with E-state index in [9.17, 15) is 9.59 Å². The van der Waals surface area contributed by atoms with Gasteiger partial charge in [0.15, 0.2) is 0 Å². The molecule has 128 valence electrons. The SMILES string of the molecule is CCCNC(=O)c1cc2cccnc2n(Cc2ccc(C)cc2)c1=O. The summed E-state index contributed by atoms with van der Waals surface area (Å²) in [6, 6.07) is 13.3. The van der Waals surface area contributed by atoms with Gasteiger partial charge in [0.2, 0.25) is 0 Å². The summed E-state index contributed by atoms with van der Waals surface area (Å²) < 4.78 is 1.57. The van der Waals surface area contributed by atoms with Crippen molar-refractivity contribution >= 4 is 16.9 Å². The number of pyridine rings is 2. The van der Waals surface area contributed by atoms with Gasteiger partial charge in [0.05, 0.1) is 6.54 Å². The molecule has 1 aromatic carbocycles. The molecule has 2 aromatic heterocycles. The first-order valence-corrected chi connectivity index (χ1v) is 8.42. The standard InChI is InChI=1S/C20H21N3O2/c1-3-10-22-19(24)17-12-16-5-4-11-21-18(16)23(20(17)25)13-15-8-6-14(2)7-9-15/h4-9,11-12H,3,10,13H2,1-2H3,(H,22,24). The van der Waals surface area contributed by atoms with Crippen molar-refractivity contribution in [2.24, 2.45) is 0 Å². The van der Waals surface area contributed by atoms with Crippen molar-refractivity contribution in [3.63, 3.8) is 0 Å². The highest BCUT2D eigenvalue weighted by Gasteiger charge is 2.16. The van der Waals surface area contributed by atoms with Crippen molar-refractivity contribution in [2.75, 3.05) is 6.54 Å². The van der Waals surface area contributed by atoms with Gasteiger partial charge in [-0.1, -0.05) is 36.8 Å². The first kappa shape index (κ1) is 16.9. The zero-order valence-corrected chi connectivity index (χ0v) is 14.5. The molecule has 0 atom stereocenters. The van der Waals surface area contributed by atoms with Crippen LogP contribution in [0.5, 0.6) is 0 Å². The van der Waals surface area contributed by atoms with Crippen LogP contribution in [0.4, 0.5) is 0 Å². The Bertz CT molecular complexity index is 959. The maximum Gasteiger partial charge on any atom is 0.265 e. The predicted octanol–water partition coefficient (Wildman–Crippen LogP) is 2.89. The highest BCUT2D eigenvalue weighted by molar-refractivity contribution is 5.96. The third-order valence-corrected chi connectivity index (χ3v) is 4.09. The molecule has 2 heterocycles. The molecule has 0 saturated heterocycles. The molecular weight excluding hydrogens is 314 g/mol. The van der Waals surface area contributed by atoms with Gasteiger partial charge in [-0.25, -0.2) is 4.98 Å². The number of nitrogens with zero attached hydrogens (tertiary/aromatic N) is 2. The summed E-state index contributed by atoms with van der Waals surface area (Å²) in [6.07, 6.45) is 2.47. The van der Waals surface area contributed by atoms with Crippen LogP contribution in [0.3, 0.4) is 0 Å². The molecule has 0 fully saturated rings. The number of fused-ring (bicyclic) bond motifs is 1. The zero-order chi connectivity index (χ0) is 17.8. The van der Waals surface area contributed by atoms with Crippen LogP contribution in [0.1, 0.15) is 34.8 Å². The largest absolute Gasteiger partial charge is 0.352 e. The van der Waals surface area contributed by atoms with Crippen molar-refractivity contribution in [3.05, 3.63) is 75.7 Å². The van der Waals surface area contributed by atoms with Gasteiger partial charge in [-0.2, -0.15) is 0 Å². The molecule has 3 rings (SSSR count). The quantitative estimate of drug-likeness (QED) is 0.780. The summed E-state index contributed by atoms with van der Waals surface area (Å²) in [5, 5.41) is 3.55. The Labute approximate surface area is 146 Å². The van der Waals surface area contributed by atoms with E-state index in [0.717, 1.165) is 22.9 Å². The Hall–Kier alpha value is -2.95. The van der Waals surface area contributed by atoms with E-state index < -0.39 is 0 Å². The molecule has 1 N–H and O–H groups in total. The van der Waals surface area contributed by atoms with E-state index in [0.29, 0.717) is 18.7 Å². The molecule has 25 heavy (non-hydrogen) atoms. The molecule has 5 nitrogen and oxygen atoms in total. The fourth-order valence-corrected chi connectivity index (χ4v) is 2.73. The summed E-state index contributed by atoms with van der Waals surface area (Å²) >= 11 is 0. The van der Waals surface area contributed by atoms with E-state index in [-0.39, 0.29) is 17.0 Å². The van der Waals surface area contributed by atoms with Crippen molar-refractivity contribution in [1.82, 2.24) is 14.9 Å². The number of hydrogen-bond donors (Lipinski definition) is 1. The van der Waals surface area contributed by atoms with E-state index in [1.54, 1.807) is 22.9 Å². The highest BCUT2D eigenvalue weighted by atomic mass is 16.2. The molecule has 0 unspecified atom stereocenters. The van der Waals surface area contributed by atoms with E-state index in [1.807, 2.05) is 44.2 Å². The molecule has 0 aliphatic heterocycles. The Morgan fingerprint density at radius 1 is 1.20 bits per heavy atom. The smallest absolute Gasteiger partial charge is 0.265 e. The molecule has 0 aliphatic rings. The van der Waals surface area contributed by atoms with Gasteiger partial charge in [-0.15, -0.1) is 0 Å². The van der Waals surface area contributed by atoms with E-state index in [2.05, 4.69) is 10.3 Å². The average Bonchev–Trinajstić information content (AvgIpc) is 2.63. The number of hydrogen-bond acceptors (Lipinski definition) is 3. The normalized spacial score (nSPS) is 10.8. The van der Waals surface area contributed by atoms with Crippen LogP contribution in [-0.4, -0.2) is 22.0 Å². The Kier molecular flexibility index (Phi) is 4.93. The highest BCUT2D eigenvalue weighted by Crippen LogP contribution is 2.13. The lowest BCUT2D eigenvalue weighted by Crippen LogP contribution is -2.34. The van der Waals surface area contributed by atoms with Crippen molar-refractivity contribution in [3.8, 4) is 0 Å². The number of carbonyl (C=O) groups is 1. The third-order valence-electron chi connectivity index (χ3n) is 4.09. The summed E-state index contributed by atoms with van der Waals surface area (Å²) in [7, 11) is 0. The molecule has 3 aromatic rings. The fourth-order valence-electron chi connectivity index (χ4n) is 2.73. The number of nitrogens with one attached hydrogen (secondary N) is 1. The van der Waals surface area contributed by atoms with E-state index >= 15 is 0 Å². The number of benzene rings is 1. The second kappa shape index (κ2) is 7.30. The number of rotatable bonds is 5. The van der Waals surface area contributed by atoms with Gasteiger partial charge in [0.25, 0.3) is 11.5 Å². The lowest BCUT2D eigenvalue weighted by atomic mass is 10.1. The molecule has 1 amide bonds. The topological polar surface area (TPSA) is 64.0 Å². The summed E-state index contributed by atoms with van der Waals surface area (Å²) in [5.41, 5.74) is 2.57. The Balaban J connectivity index is 2.11. The second-order valence-electron chi connectivity index (χ2n) is 6.11. The molecule has 5 heteroatoms. The van der Waals surface area contributed by atoms with Crippen LogP contribution >= 0.6 is 0 Å². The third kappa shape index (κ3) is 3.60. The minimum Gasteiger partial charge on any atom is -0.352 e. The average molecular weight is 335 g/mol. The van der Waals surface area contributed by atoms with Crippen LogP contribution in [0.15, 0.2) is 53.5 Å². The maximum absolute atomic E-state index is 12.9. The van der Waals surface area contributed by atoms with Crippen molar-refractivity contribution in [2.45, 2.75) is 26.8 Å².